The van der Waals surface area contributed by atoms with E-state index in [1.807, 2.05) is 0 Å². The largest absolute Gasteiger partial charge is 0.456 e. The quantitative estimate of drug-likeness (QED) is 0.532. The van der Waals surface area contributed by atoms with Crippen molar-refractivity contribution < 1.29 is 23.9 Å². The number of esters is 1. The molecule has 0 saturated carbocycles. The first-order valence-electron chi connectivity index (χ1n) is 7.94. The summed E-state index contributed by atoms with van der Waals surface area (Å²) in [6.45, 7) is 5.10. The number of hydrogen-bond acceptors (Lipinski definition) is 5. The molecule has 0 unspecified atom stereocenters. The van der Waals surface area contributed by atoms with Gasteiger partial charge in [0.05, 0.1) is 10.7 Å². The first-order chi connectivity index (χ1) is 12.1. The predicted octanol–water partition coefficient (Wildman–Crippen LogP) is 3.78. The van der Waals surface area contributed by atoms with E-state index in [2.05, 4.69) is 10.6 Å². The Bertz CT molecular complexity index is 659. The lowest BCUT2D eigenvalue weighted by Gasteiger charge is -2.19. The molecule has 2 N–H and O–H groups in total. The van der Waals surface area contributed by atoms with E-state index in [0.717, 1.165) is 0 Å². The number of benzene rings is 1. The number of carbonyl (C=O) groups excluding carboxylic acids is 3. The molecule has 0 aliphatic carbocycles. The van der Waals surface area contributed by atoms with Gasteiger partial charge < -0.3 is 20.1 Å². The number of amides is 2. The molecule has 0 radical (unpaired) electrons. The Morgan fingerprint density at radius 1 is 1.15 bits per heavy atom. The van der Waals surface area contributed by atoms with Crippen LogP contribution in [0, 0.1) is 0 Å². The van der Waals surface area contributed by atoms with Crippen LogP contribution in [0.1, 0.15) is 33.6 Å². The third kappa shape index (κ3) is 9.48. The highest BCUT2D eigenvalue weighted by Gasteiger charge is 2.15. The molecule has 2 amide bonds. The van der Waals surface area contributed by atoms with Crippen molar-refractivity contribution in [1.82, 2.24) is 5.32 Å². The normalized spacial score (nSPS) is 10.8. The lowest BCUT2D eigenvalue weighted by Crippen LogP contribution is -2.33. The maximum atomic E-state index is 11.8. The van der Waals surface area contributed by atoms with Crippen molar-refractivity contribution in [3.8, 4) is 0 Å². The maximum Gasteiger partial charge on any atom is 0.407 e. The smallest absolute Gasteiger partial charge is 0.407 e. The maximum absolute atomic E-state index is 11.8. The van der Waals surface area contributed by atoms with Crippen LogP contribution in [0.25, 0.3) is 0 Å². The number of alkyl carbamates (subject to hydrolysis) is 1. The molecular weight excluding hydrogens is 383 g/mol. The number of hydrogen-bond donors (Lipinski definition) is 2. The summed E-state index contributed by atoms with van der Waals surface area (Å²) < 4.78 is 9.92. The molecular formula is C17H22Cl2N2O5. The van der Waals surface area contributed by atoms with Crippen molar-refractivity contribution in [2.24, 2.45) is 0 Å². The van der Waals surface area contributed by atoms with Gasteiger partial charge in [0, 0.05) is 18.0 Å². The molecule has 0 saturated heterocycles. The van der Waals surface area contributed by atoms with Crippen molar-refractivity contribution in [2.75, 3.05) is 18.5 Å². The number of ether oxygens (including phenoxy) is 2. The molecule has 1 aromatic rings. The fraction of sp³-hybridized carbons (Fsp3) is 0.471. The molecule has 0 aliphatic rings. The number of carbonyl (C=O) groups is 3. The monoisotopic (exact) mass is 404 g/mol. The highest BCUT2D eigenvalue weighted by Crippen LogP contribution is 2.25. The molecule has 0 heterocycles. The summed E-state index contributed by atoms with van der Waals surface area (Å²) in [5, 5.41) is 5.77. The summed E-state index contributed by atoms with van der Waals surface area (Å²) in [7, 11) is 0. The van der Waals surface area contributed by atoms with Crippen LogP contribution in [-0.4, -0.2) is 36.7 Å². The second-order valence-corrected chi connectivity index (χ2v) is 7.21. The molecule has 0 aliphatic heterocycles. The van der Waals surface area contributed by atoms with Crippen LogP contribution in [0.4, 0.5) is 10.5 Å². The van der Waals surface area contributed by atoms with Crippen molar-refractivity contribution in [1.29, 1.82) is 0 Å². The van der Waals surface area contributed by atoms with Crippen LogP contribution in [0.15, 0.2) is 18.2 Å². The van der Waals surface area contributed by atoms with Crippen molar-refractivity contribution in [2.45, 2.75) is 39.2 Å². The van der Waals surface area contributed by atoms with E-state index in [0.29, 0.717) is 17.1 Å². The fourth-order valence-corrected chi connectivity index (χ4v) is 2.19. The van der Waals surface area contributed by atoms with E-state index in [9.17, 15) is 14.4 Å². The number of halogens is 2. The molecule has 0 bridgehead atoms. The fourth-order valence-electron chi connectivity index (χ4n) is 1.73. The van der Waals surface area contributed by atoms with E-state index in [-0.39, 0.29) is 18.0 Å². The summed E-state index contributed by atoms with van der Waals surface area (Å²) >= 11 is 11.7. The van der Waals surface area contributed by atoms with Crippen LogP contribution in [0.5, 0.6) is 0 Å². The molecule has 26 heavy (non-hydrogen) atoms. The zero-order valence-corrected chi connectivity index (χ0v) is 16.4. The third-order valence-electron chi connectivity index (χ3n) is 2.80. The van der Waals surface area contributed by atoms with Gasteiger partial charge in [-0.3, -0.25) is 9.59 Å². The summed E-state index contributed by atoms with van der Waals surface area (Å²) in [5.41, 5.74) is -0.206. The van der Waals surface area contributed by atoms with Crippen molar-refractivity contribution in [3.05, 3.63) is 28.2 Å². The van der Waals surface area contributed by atoms with Crippen LogP contribution in [0.2, 0.25) is 10.0 Å². The van der Waals surface area contributed by atoms with Gasteiger partial charge in [-0.25, -0.2) is 4.79 Å². The summed E-state index contributed by atoms with van der Waals surface area (Å²) in [6.07, 6.45) is -0.127. The average molecular weight is 405 g/mol. The first kappa shape index (κ1) is 22.1. The van der Waals surface area contributed by atoms with Crippen LogP contribution in [-0.2, 0) is 19.1 Å². The molecule has 1 aromatic carbocycles. The minimum atomic E-state index is -0.580. The Balaban J connectivity index is 2.21. The van der Waals surface area contributed by atoms with Crippen LogP contribution < -0.4 is 10.6 Å². The Labute approximate surface area is 162 Å². The molecule has 144 valence electrons. The topological polar surface area (TPSA) is 93.7 Å². The first-order valence-corrected chi connectivity index (χ1v) is 8.70. The average Bonchev–Trinajstić information content (AvgIpc) is 2.50. The van der Waals surface area contributed by atoms with E-state index in [1.165, 1.54) is 6.07 Å². The Hall–Kier alpha value is -1.99. The molecule has 7 nitrogen and oxygen atoms in total. The van der Waals surface area contributed by atoms with Gasteiger partial charge in [0.1, 0.15) is 5.60 Å². The molecule has 0 spiro atoms. The molecule has 0 fully saturated rings. The highest BCUT2D eigenvalue weighted by molar-refractivity contribution is 6.36. The van der Waals surface area contributed by atoms with Crippen molar-refractivity contribution in [3.63, 3.8) is 0 Å². The standard InChI is InChI=1S/C17H22Cl2N2O5/c1-17(2,3)26-16(24)20-8-4-5-15(23)25-10-14(22)21-13-7-6-11(18)9-12(13)19/h6-7,9H,4-5,8,10H2,1-3H3,(H,20,24)(H,21,22). The van der Waals surface area contributed by atoms with Crippen LogP contribution in [0.3, 0.4) is 0 Å². The molecule has 0 aromatic heterocycles. The number of anilines is 1. The van der Waals surface area contributed by atoms with Crippen molar-refractivity contribution >= 4 is 46.9 Å². The van der Waals surface area contributed by atoms with E-state index in [4.69, 9.17) is 32.7 Å². The Morgan fingerprint density at radius 2 is 1.85 bits per heavy atom. The zero-order valence-electron chi connectivity index (χ0n) is 14.9. The second-order valence-electron chi connectivity index (χ2n) is 6.37. The molecule has 1 rings (SSSR count). The highest BCUT2D eigenvalue weighted by atomic mass is 35.5. The van der Waals surface area contributed by atoms with Gasteiger partial charge in [-0.1, -0.05) is 23.2 Å². The molecule has 0 atom stereocenters. The third-order valence-corrected chi connectivity index (χ3v) is 3.34. The Kier molecular flexibility index (Phi) is 8.68. The van der Waals surface area contributed by atoms with Gasteiger partial charge in [-0.2, -0.15) is 0 Å². The van der Waals surface area contributed by atoms with Gasteiger partial charge in [0.25, 0.3) is 5.91 Å². The minimum Gasteiger partial charge on any atom is -0.456 e. The Morgan fingerprint density at radius 3 is 2.46 bits per heavy atom. The number of nitrogens with one attached hydrogen (secondary N) is 2. The molecule has 9 heteroatoms. The minimum absolute atomic E-state index is 0.0603. The summed E-state index contributed by atoms with van der Waals surface area (Å²) in [4.78, 5) is 34.8. The van der Waals surface area contributed by atoms with E-state index >= 15 is 0 Å². The van der Waals surface area contributed by atoms with Crippen LogP contribution >= 0.6 is 23.2 Å². The van der Waals surface area contributed by atoms with Gasteiger partial charge in [0.15, 0.2) is 6.61 Å². The SMILES string of the molecule is CC(C)(C)OC(=O)NCCCC(=O)OCC(=O)Nc1ccc(Cl)cc1Cl. The van der Waals surface area contributed by atoms with E-state index < -0.39 is 30.2 Å². The summed E-state index contributed by atoms with van der Waals surface area (Å²) in [5.74, 6) is -1.07. The zero-order chi connectivity index (χ0) is 19.7. The lowest BCUT2D eigenvalue weighted by atomic mass is 10.2. The van der Waals surface area contributed by atoms with Gasteiger partial charge in [0.2, 0.25) is 0 Å². The van der Waals surface area contributed by atoms with Gasteiger partial charge in [-0.15, -0.1) is 0 Å². The number of rotatable bonds is 7. The van der Waals surface area contributed by atoms with E-state index in [1.54, 1.807) is 32.9 Å². The summed E-state index contributed by atoms with van der Waals surface area (Å²) in [6, 6.07) is 4.61. The predicted molar refractivity (Wildman–Crippen MR) is 99.5 cm³/mol. The van der Waals surface area contributed by atoms with Gasteiger partial charge >= 0.3 is 12.1 Å². The van der Waals surface area contributed by atoms with Gasteiger partial charge in [-0.05, 0) is 45.4 Å². The lowest BCUT2D eigenvalue weighted by molar-refractivity contribution is -0.147. The second kappa shape index (κ2) is 10.2.